The largest absolute Gasteiger partial charge is 0.227 e. The van der Waals surface area contributed by atoms with Crippen LogP contribution in [-0.4, -0.2) is 26.5 Å². The maximum atomic E-state index is 5.73. The van der Waals surface area contributed by atoms with Crippen molar-refractivity contribution in [3.8, 4) is 0 Å². The highest BCUT2D eigenvalue weighted by molar-refractivity contribution is 7.99. The molecule has 0 aliphatic rings. The Kier molecular flexibility index (Phi) is 4.83. The highest BCUT2D eigenvalue weighted by Crippen LogP contribution is 2.19. The molecule has 72 valence electrons. The molecule has 1 rings (SSSR count). The van der Waals surface area contributed by atoms with Crippen LogP contribution in [0.1, 0.15) is 13.8 Å². The lowest BCUT2D eigenvalue weighted by Crippen LogP contribution is -1.94. The van der Waals surface area contributed by atoms with Gasteiger partial charge in [-0.1, -0.05) is 37.4 Å². The Morgan fingerprint density at radius 1 is 1.00 bits per heavy atom. The summed E-state index contributed by atoms with van der Waals surface area (Å²) in [6.07, 6.45) is 0. The Morgan fingerprint density at radius 2 is 1.46 bits per heavy atom. The number of nitrogens with zero attached hydrogens (tertiary/aromatic N) is 3. The van der Waals surface area contributed by atoms with Crippen LogP contribution in [0.5, 0.6) is 0 Å². The second-order valence-corrected chi connectivity index (χ2v) is 4.84. The van der Waals surface area contributed by atoms with Crippen molar-refractivity contribution in [1.82, 2.24) is 15.0 Å². The summed E-state index contributed by atoms with van der Waals surface area (Å²) in [5.74, 6) is 1.88. The Balaban J connectivity index is 2.83. The summed E-state index contributed by atoms with van der Waals surface area (Å²) in [4.78, 5) is 12.2. The van der Waals surface area contributed by atoms with E-state index in [4.69, 9.17) is 11.6 Å². The summed E-state index contributed by atoms with van der Waals surface area (Å²) in [6.45, 7) is 4.10. The molecule has 0 aliphatic heterocycles. The molecule has 1 aromatic heterocycles. The molecule has 0 amide bonds. The molecule has 1 aromatic rings. The van der Waals surface area contributed by atoms with Gasteiger partial charge in [0.2, 0.25) is 5.28 Å². The number of hydrogen-bond acceptors (Lipinski definition) is 5. The third kappa shape index (κ3) is 3.70. The molecule has 0 aromatic carbocycles. The molecule has 0 aliphatic carbocycles. The van der Waals surface area contributed by atoms with Crippen LogP contribution in [0.3, 0.4) is 0 Å². The van der Waals surface area contributed by atoms with Gasteiger partial charge in [-0.2, -0.15) is 15.0 Å². The van der Waals surface area contributed by atoms with Crippen molar-refractivity contribution >= 4 is 35.1 Å². The summed E-state index contributed by atoms with van der Waals surface area (Å²) in [5, 5.41) is 1.69. The first-order chi connectivity index (χ1) is 6.26. The van der Waals surface area contributed by atoms with Gasteiger partial charge in [0, 0.05) is 0 Å². The van der Waals surface area contributed by atoms with Crippen LogP contribution >= 0.6 is 35.1 Å². The lowest BCUT2D eigenvalue weighted by Gasteiger charge is -2.00. The van der Waals surface area contributed by atoms with Crippen molar-refractivity contribution in [2.45, 2.75) is 24.2 Å². The fraction of sp³-hybridized carbons (Fsp3) is 0.571. The van der Waals surface area contributed by atoms with E-state index in [2.05, 4.69) is 28.8 Å². The van der Waals surface area contributed by atoms with E-state index in [0.717, 1.165) is 11.5 Å². The van der Waals surface area contributed by atoms with E-state index in [1.165, 1.54) is 0 Å². The van der Waals surface area contributed by atoms with Crippen LogP contribution in [-0.2, 0) is 0 Å². The van der Waals surface area contributed by atoms with Gasteiger partial charge in [-0.05, 0) is 23.1 Å². The third-order valence-corrected chi connectivity index (χ3v) is 2.74. The van der Waals surface area contributed by atoms with Gasteiger partial charge in [-0.3, -0.25) is 0 Å². The summed E-state index contributed by atoms with van der Waals surface area (Å²) in [7, 11) is 0. The van der Waals surface area contributed by atoms with Gasteiger partial charge < -0.3 is 0 Å². The highest BCUT2D eigenvalue weighted by atomic mass is 35.5. The first-order valence-electron chi connectivity index (χ1n) is 3.93. The minimum absolute atomic E-state index is 0.280. The van der Waals surface area contributed by atoms with Crippen LogP contribution < -0.4 is 0 Å². The molecule has 0 radical (unpaired) electrons. The molecule has 1 heterocycles. The predicted octanol–water partition coefficient (Wildman–Crippen LogP) is 2.75. The van der Waals surface area contributed by atoms with E-state index in [1.807, 2.05) is 0 Å². The molecule has 13 heavy (non-hydrogen) atoms. The summed E-state index contributed by atoms with van der Waals surface area (Å²) >= 11 is 8.87. The molecule has 3 nitrogen and oxygen atoms in total. The van der Waals surface area contributed by atoms with Crippen LogP contribution in [0.15, 0.2) is 10.3 Å². The maximum Gasteiger partial charge on any atom is 0.227 e. The summed E-state index contributed by atoms with van der Waals surface area (Å²) < 4.78 is 0. The number of hydrogen-bond donors (Lipinski definition) is 0. The van der Waals surface area contributed by atoms with Gasteiger partial charge in [0.1, 0.15) is 0 Å². The molecular weight excluding hydrogens is 226 g/mol. The van der Waals surface area contributed by atoms with Gasteiger partial charge in [0.05, 0.1) is 0 Å². The summed E-state index contributed by atoms with van der Waals surface area (Å²) in [5.41, 5.74) is 0. The molecular formula is C7H10ClN3S2. The normalized spacial score (nSPS) is 10.4. The van der Waals surface area contributed by atoms with E-state index in [1.54, 1.807) is 23.5 Å². The Morgan fingerprint density at radius 3 is 1.85 bits per heavy atom. The molecule has 0 saturated heterocycles. The monoisotopic (exact) mass is 235 g/mol. The van der Waals surface area contributed by atoms with E-state index in [-0.39, 0.29) is 5.28 Å². The zero-order valence-electron chi connectivity index (χ0n) is 7.45. The van der Waals surface area contributed by atoms with E-state index in [9.17, 15) is 0 Å². The van der Waals surface area contributed by atoms with Gasteiger partial charge in [-0.15, -0.1) is 0 Å². The topological polar surface area (TPSA) is 38.7 Å². The Labute approximate surface area is 91.1 Å². The number of halogens is 1. The molecule has 0 spiro atoms. The van der Waals surface area contributed by atoms with Crippen molar-refractivity contribution in [3.63, 3.8) is 0 Å². The van der Waals surface area contributed by atoms with E-state index >= 15 is 0 Å². The first kappa shape index (κ1) is 11.1. The van der Waals surface area contributed by atoms with Crippen LogP contribution in [0.25, 0.3) is 0 Å². The SMILES string of the molecule is CCSc1nc(Cl)nc(SCC)n1. The van der Waals surface area contributed by atoms with Crippen molar-refractivity contribution in [3.05, 3.63) is 5.28 Å². The molecule has 0 bridgehead atoms. The number of thioether (sulfide) groups is 2. The quantitative estimate of drug-likeness (QED) is 0.751. The molecule has 0 fully saturated rings. The van der Waals surface area contributed by atoms with Crippen LogP contribution in [0.2, 0.25) is 5.28 Å². The fourth-order valence-electron chi connectivity index (χ4n) is 0.702. The minimum Gasteiger partial charge on any atom is -0.196 e. The van der Waals surface area contributed by atoms with Gasteiger partial charge in [-0.25, -0.2) is 0 Å². The van der Waals surface area contributed by atoms with Crippen LogP contribution in [0.4, 0.5) is 0 Å². The maximum absolute atomic E-state index is 5.73. The zero-order chi connectivity index (χ0) is 9.68. The van der Waals surface area contributed by atoms with Gasteiger partial charge in [0.25, 0.3) is 0 Å². The molecule has 0 unspecified atom stereocenters. The van der Waals surface area contributed by atoms with Gasteiger partial charge >= 0.3 is 0 Å². The lowest BCUT2D eigenvalue weighted by atomic mass is 11.0. The Hall–Kier alpha value is -0.000000000000000111. The average Bonchev–Trinajstić information content (AvgIpc) is 2.04. The second-order valence-electron chi connectivity index (χ2n) is 2.04. The number of aromatic nitrogens is 3. The molecule has 0 saturated carbocycles. The highest BCUT2D eigenvalue weighted by Gasteiger charge is 2.03. The van der Waals surface area contributed by atoms with Crippen molar-refractivity contribution in [2.75, 3.05) is 11.5 Å². The van der Waals surface area contributed by atoms with Crippen molar-refractivity contribution in [1.29, 1.82) is 0 Å². The lowest BCUT2D eigenvalue weighted by molar-refractivity contribution is 0.802. The zero-order valence-corrected chi connectivity index (χ0v) is 9.84. The standard InChI is InChI=1S/C7H10ClN3S2/c1-3-12-6-9-5(8)10-7(11-6)13-4-2/h3-4H2,1-2H3. The first-order valence-corrected chi connectivity index (χ1v) is 6.28. The molecule has 0 N–H and O–H groups in total. The van der Waals surface area contributed by atoms with Crippen molar-refractivity contribution in [2.24, 2.45) is 0 Å². The third-order valence-electron chi connectivity index (χ3n) is 1.11. The smallest absolute Gasteiger partial charge is 0.196 e. The minimum atomic E-state index is 0.280. The molecule has 0 atom stereocenters. The Bertz CT molecular complexity index is 258. The predicted molar refractivity (Wildman–Crippen MR) is 57.6 cm³/mol. The molecule has 6 heteroatoms. The van der Waals surface area contributed by atoms with Crippen molar-refractivity contribution < 1.29 is 0 Å². The van der Waals surface area contributed by atoms with Gasteiger partial charge in [0.15, 0.2) is 10.3 Å². The second kappa shape index (κ2) is 5.67. The average molecular weight is 236 g/mol. The fourth-order valence-corrected chi connectivity index (χ4v) is 2.14. The summed E-state index contributed by atoms with van der Waals surface area (Å²) in [6, 6.07) is 0. The van der Waals surface area contributed by atoms with Crippen LogP contribution in [0, 0.1) is 0 Å². The number of rotatable bonds is 4. The van der Waals surface area contributed by atoms with E-state index < -0.39 is 0 Å². The van der Waals surface area contributed by atoms with E-state index in [0.29, 0.717) is 10.3 Å².